The maximum atomic E-state index is 12.5. The first-order valence-electron chi connectivity index (χ1n) is 7.27. The van der Waals surface area contributed by atoms with E-state index >= 15 is 0 Å². The number of nitrogens with one attached hydrogen (secondary N) is 3. The monoisotopic (exact) mass is 270 g/mol. The van der Waals surface area contributed by atoms with Gasteiger partial charge in [0.05, 0.1) is 16.6 Å². The second-order valence-corrected chi connectivity index (χ2v) is 5.87. The van der Waals surface area contributed by atoms with E-state index in [1.54, 1.807) is 6.07 Å². The topological polar surface area (TPSA) is 69.8 Å². The van der Waals surface area contributed by atoms with Gasteiger partial charge in [0.2, 0.25) is 0 Å². The second-order valence-electron chi connectivity index (χ2n) is 5.87. The number of aromatic nitrogens is 2. The number of carbonyl (C=O) groups excluding carboxylic acids is 1. The first kappa shape index (κ1) is 11.9. The van der Waals surface area contributed by atoms with Crippen molar-refractivity contribution in [1.29, 1.82) is 0 Å². The van der Waals surface area contributed by atoms with Gasteiger partial charge in [-0.1, -0.05) is 0 Å². The fraction of sp³-hybridized carbons (Fsp3) is 0.467. The number of H-pyrrole nitrogens is 1. The summed E-state index contributed by atoms with van der Waals surface area (Å²) in [6.07, 6.45) is 6.28. The van der Waals surface area contributed by atoms with Gasteiger partial charge in [-0.05, 0) is 50.4 Å². The molecule has 0 radical (unpaired) electrons. The van der Waals surface area contributed by atoms with Crippen molar-refractivity contribution in [2.75, 3.05) is 6.54 Å². The molecule has 5 nitrogen and oxygen atoms in total. The molecule has 2 atom stereocenters. The zero-order valence-corrected chi connectivity index (χ0v) is 11.3. The van der Waals surface area contributed by atoms with Gasteiger partial charge in [-0.25, -0.2) is 4.98 Å². The van der Waals surface area contributed by atoms with Crippen LogP contribution in [0, 0.1) is 0 Å². The maximum Gasteiger partial charge on any atom is 0.270 e. The van der Waals surface area contributed by atoms with Gasteiger partial charge in [0.1, 0.15) is 5.69 Å². The SMILES string of the molecule is O=C(NC12CCCC1NCC2)c1ccc2[nH]ccc2n1. The Hall–Kier alpha value is -1.88. The Morgan fingerprint density at radius 2 is 2.30 bits per heavy atom. The molecular weight excluding hydrogens is 252 g/mol. The minimum atomic E-state index is -0.0521. The van der Waals surface area contributed by atoms with Crippen LogP contribution >= 0.6 is 0 Å². The Morgan fingerprint density at radius 3 is 3.25 bits per heavy atom. The summed E-state index contributed by atoms with van der Waals surface area (Å²) in [6.45, 7) is 0.995. The number of fused-ring (bicyclic) bond motifs is 2. The lowest BCUT2D eigenvalue weighted by atomic mass is 9.93. The van der Waals surface area contributed by atoms with E-state index in [0.29, 0.717) is 11.7 Å². The van der Waals surface area contributed by atoms with Crippen molar-refractivity contribution >= 4 is 16.9 Å². The smallest absolute Gasteiger partial charge is 0.270 e. The Labute approximate surface area is 117 Å². The lowest BCUT2D eigenvalue weighted by molar-refractivity contribution is 0.0893. The van der Waals surface area contributed by atoms with Gasteiger partial charge >= 0.3 is 0 Å². The van der Waals surface area contributed by atoms with Crippen LogP contribution in [0.2, 0.25) is 0 Å². The highest BCUT2D eigenvalue weighted by Gasteiger charge is 2.47. The largest absolute Gasteiger partial charge is 0.360 e. The molecule has 0 aromatic carbocycles. The molecule has 0 bridgehead atoms. The number of nitrogens with zero attached hydrogens (tertiary/aromatic N) is 1. The van der Waals surface area contributed by atoms with Crippen molar-refractivity contribution < 1.29 is 4.79 Å². The number of carbonyl (C=O) groups is 1. The van der Waals surface area contributed by atoms with Crippen molar-refractivity contribution in [3.05, 3.63) is 30.1 Å². The third-order valence-corrected chi connectivity index (χ3v) is 4.74. The Kier molecular flexibility index (Phi) is 2.57. The lowest BCUT2D eigenvalue weighted by Crippen LogP contribution is -2.52. The second kappa shape index (κ2) is 4.31. The van der Waals surface area contributed by atoms with Crippen LogP contribution < -0.4 is 10.6 Å². The highest BCUT2D eigenvalue weighted by molar-refractivity contribution is 5.95. The van der Waals surface area contributed by atoms with Crippen LogP contribution in [-0.4, -0.2) is 34.0 Å². The summed E-state index contributed by atoms with van der Waals surface area (Å²) in [5, 5.41) is 6.75. The number of rotatable bonds is 2. The van der Waals surface area contributed by atoms with E-state index in [2.05, 4.69) is 20.6 Å². The summed E-state index contributed by atoms with van der Waals surface area (Å²) in [7, 11) is 0. The molecule has 3 N–H and O–H groups in total. The molecule has 1 aliphatic heterocycles. The van der Waals surface area contributed by atoms with E-state index in [1.165, 1.54) is 6.42 Å². The van der Waals surface area contributed by atoms with Crippen LogP contribution in [0.15, 0.2) is 24.4 Å². The summed E-state index contributed by atoms with van der Waals surface area (Å²) < 4.78 is 0. The Morgan fingerprint density at radius 1 is 1.35 bits per heavy atom. The van der Waals surface area contributed by atoms with Crippen molar-refractivity contribution in [2.45, 2.75) is 37.3 Å². The number of amides is 1. The van der Waals surface area contributed by atoms with Crippen LogP contribution in [0.1, 0.15) is 36.2 Å². The Bertz CT molecular complexity index is 653. The fourth-order valence-electron chi connectivity index (χ4n) is 3.70. The molecule has 1 aliphatic carbocycles. The number of aromatic amines is 1. The maximum absolute atomic E-state index is 12.5. The molecule has 1 amide bonds. The van der Waals surface area contributed by atoms with E-state index in [4.69, 9.17) is 0 Å². The van der Waals surface area contributed by atoms with Crippen molar-refractivity contribution in [3.63, 3.8) is 0 Å². The molecule has 2 fully saturated rings. The predicted octanol–water partition coefficient (Wildman–Crippen LogP) is 1.58. The van der Waals surface area contributed by atoms with Crippen molar-refractivity contribution in [1.82, 2.24) is 20.6 Å². The van der Waals surface area contributed by atoms with E-state index < -0.39 is 0 Å². The molecule has 0 spiro atoms. The predicted molar refractivity (Wildman–Crippen MR) is 76.5 cm³/mol. The van der Waals surface area contributed by atoms with Crippen LogP contribution in [0.4, 0.5) is 0 Å². The fourth-order valence-corrected chi connectivity index (χ4v) is 3.70. The van der Waals surface area contributed by atoms with Gasteiger partial charge in [-0.15, -0.1) is 0 Å². The summed E-state index contributed by atoms with van der Waals surface area (Å²) in [5.74, 6) is -0.0521. The van der Waals surface area contributed by atoms with Crippen molar-refractivity contribution in [2.24, 2.45) is 0 Å². The summed E-state index contributed by atoms with van der Waals surface area (Å²) in [4.78, 5) is 20.0. The molecule has 104 valence electrons. The zero-order valence-electron chi connectivity index (χ0n) is 11.3. The molecule has 20 heavy (non-hydrogen) atoms. The first-order valence-corrected chi connectivity index (χ1v) is 7.27. The van der Waals surface area contributed by atoms with E-state index in [-0.39, 0.29) is 11.4 Å². The molecule has 2 aromatic rings. The number of hydrogen-bond donors (Lipinski definition) is 3. The molecule has 2 unspecified atom stereocenters. The summed E-state index contributed by atoms with van der Waals surface area (Å²) >= 11 is 0. The quantitative estimate of drug-likeness (QED) is 0.776. The lowest BCUT2D eigenvalue weighted by Gasteiger charge is -2.30. The highest BCUT2D eigenvalue weighted by Crippen LogP contribution is 2.36. The zero-order chi connectivity index (χ0) is 13.6. The van der Waals surface area contributed by atoms with Crippen LogP contribution in [0.3, 0.4) is 0 Å². The minimum absolute atomic E-state index is 0.0497. The summed E-state index contributed by atoms with van der Waals surface area (Å²) in [6, 6.07) is 6.02. The van der Waals surface area contributed by atoms with Gasteiger partial charge in [0, 0.05) is 12.2 Å². The summed E-state index contributed by atoms with van der Waals surface area (Å²) in [5.41, 5.74) is 2.25. The highest BCUT2D eigenvalue weighted by atomic mass is 16.2. The molecule has 3 heterocycles. The third-order valence-electron chi connectivity index (χ3n) is 4.74. The Balaban J connectivity index is 1.60. The number of pyridine rings is 1. The molecule has 1 saturated heterocycles. The first-order chi connectivity index (χ1) is 9.77. The normalized spacial score (nSPS) is 28.7. The van der Waals surface area contributed by atoms with Crippen molar-refractivity contribution in [3.8, 4) is 0 Å². The van der Waals surface area contributed by atoms with E-state index in [9.17, 15) is 4.79 Å². The number of hydrogen-bond acceptors (Lipinski definition) is 3. The van der Waals surface area contributed by atoms with Gasteiger partial charge in [-0.3, -0.25) is 4.79 Å². The molecule has 5 heteroatoms. The average Bonchev–Trinajstić information content (AvgIpc) is 3.10. The van der Waals surface area contributed by atoms with Crippen LogP contribution in [-0.2, 0) is 0 Å². The third kappa shape index (κ3) is 1.73. The molecular formula is C15H18N4O. The molecule has 1 saturated carbocycles. The van der Waals surface area contributed by atoms with Crippen LogP contribution in [0.5, 0.6) is 0 Å². The average molecular weight is 270 g/mol. The van der Waals surface area contributed by atoms with Crippen LogP contribution in [0.25, 0.3) is 11.0 Å². The standard InChI is InChI=1S/C15H18N4O/c20-14(12-4-3-10-11(18-12)5-8-16-10)19-15-6-1-2-13(15)17-9-7-15/h3-5,8,13,16-17H,1-2,6-7,9H2,(H,19,20). The van der Waals surface area contributed by atoms with Gasteiger partial charge in [0.25, 0.3) is 5.91 Å². The molecule has 4 rings (SSSR count). The van der Waals surface area contributed by atoms with Gasteiger partial charge < -0.3 is 15.6 Å². The van der Waals surface area contributed by atoms with E-state index in [0.717, 1.165) is 36.8 Å². The van der Waals surface area contributed by atoms with E-state index in [1.807, 2.05) is 18.3 Å². The van der Waals surface area contributed by atoms with Gasteiger partial charge in [-0.2, -0.15) is 0 Å². The minimum Gasteiger partial charge on any atom is -0.360 e. The molecule has 2 aliphatic rings. The van der Waals surface area contributed by atoms with Gasteiger partial charge in [0.15, 0.2) is 0 Å². The molecule has 2 aromatic heterocycles.